The van der Waals surface area contributed by atoms with Gasteiger partial charge in [-0.25, -0.2) is 4.98 Å². The summed E-state index contributed by atoms with van der Waals surface area (Å²) in [4.78, 5) is 34.9. The van der Waals surface area contributed by atoms with E-state index in [0.29, 0.717) is 35.7 Å². The van der Waals surface area contributed by atoms with E-state index in [1.165, 1.54) is 11.3 Å². The lowest BCUT2D eigenvalue weighted by atomic mass is 9.85. The molecule has 1 aliphatic heterocycles. The lowest BCUT2D eigenvalue weighted by Crippen LogP contribution is -2.46. The number of anilines is 1. The summed E-state index contributed by atoms with van der Waals surface area (Å²) in [6.07, 6.45) is 0.333. The van der Waals surface area contributed by atoms with Crippen LogP contribution in [0.5, 0.6) is 11.5 Å². The Hall–Kier alpha value is -4.10. The molecule has 1 amide bonds. The molecule has 2 heterocycles. The van der Waals surface area contributed by atoms with Crippen molar-refractivity contribution in [3.8, 4) is 17.6 Å². The van der Waals surface area contributed by atoms with E-state index in [0.717, 1.165) is 52.5 Å². The van der Waals surface area contributed by atoms with Gasteiger partial charge in [-0.3, -0.25) is 14.5 Å². The highest BCUT2D eigenvalue weighted by atomic mass is 32.1. The Morgan fingerprint density at radius 2 is 1.79 bits per heavy atom. The van der Waals surface area contributed by atoms with Gasteiger partial charge in [0.1, 0.15) is 16.5 Å². The fourth-order valence-corrected chi connectivity index (χ4v) is 5.84. The molecule has 1 saturated heterocycles. The lowest BCUT2D eigenvalue weighted by Gasteiger charge is -2.31. The number of nitrogens with one attached hydrogen (secondary N) is 1. The topological polar surface area (TPSA) is 98.6 Å². The molecule has 0 unspecified atom stereocenters. The number of nitrogens with zero attached hydrogens (tertiary/aromatic N) is 4. The number of Topliss-reactive ketones (excluding diaryl/α,β-unsaturated/α-hetero) is 1. The summed E-state index contributed by atoms with van der Waals surface area (Å²) in [5.41, 5.74) is 2.95. The zero-order valence-corrected chi connectivity index (χ0v) is 25.3. The number of benzene rings is 3. The van der Waals surface area contributed by atoms with Crippen LogP contribution in [0.1, 0.15) is 40.3 Å². The van der Waals surface area contributed by atoms with Crippen molar-refractivity contribution >= 4 is 38.9 Å². The zero-order chi connectivity index (χ0) is 29.9. The van der Waals surface area contributed by atoms with Gasteiger partial charge in [0.15, 0.2) is 5.78 Å². The SMILES string of the molecule is Cc1ccc(Oc2ccc3nc(CC(=O)CN4CCN(C)CC4)sc3c2)cc1NC(=O)c1cccc(C(C)(C)C#N)c1. The van der Waals surface area contributed by atoms with Crippen molar-refractivity contribution in [2.45, 2.75) is 32.6 Å². The Bertz CT molecular complexity index is 1660. The smallest absolute Gasteiger partial charge is 0.255 e. The van der Waals surface area contributed by atoms with E-state index in [2.05, 4.69) is 33.2 Å². The molecule has 3 aromatic carbocycles. The number of nitriles is 1. The molecule has 216 valence electrons. The minimum atomic E-state index is -0.694. The number of thiazole rings is 1. The van der Waals surface area contributed by atoms with Crippen molar-refractivity contribution in [2.24, 2.45) is 0 Å². The number of fused-ring (bicyclic) bond motifs is 1. The molecule has 5 rings (SSSR count). The number of piperazine rings is 1. The molecule has 1 fully saturated rings. The molecular weight excluding hydrogens is 546 g/mol. The molecule has 0 bridgehead atoms. The van der Waals surface area contributed by atoms with Crippen molar-refractivity contribution in [3.05, 3.63) is 82.4 Å². The van der Waals surface area contributed by atoms with E-state index in [4.69, 9.17) is 4.74 Å². The normalized spacial score (nSPS) is 14.5. The maximum Gasteiger partial charge on any atom is 0.255 e. The first-order valence-electron chi connectivity index (χ1n) is 14.0. The summed E-state index contributed by atoms with van der Waals surface area (Å²) in [6.45, 7) is 9.85. The number of ketones is 1. The van der Waals surface area contributed by atoms with Gasteiger partial charge in [-0.1, -0.05) is 18.2 Å². The number of carbonyl (C=O) groups excluding carboxylic acids is 2. The number of carbonyl (C=O) groups is 2. The third-order valence-corrected chi connectivity index (χ3v) is 8.59. The van der Waals surface area contributed by atoms with Gasteiger partial charge in [-0.2, -0.15) is 5.26 Å². The zero-order valence-electron chi connectivity index (χ0n) is 24.4. The highest BCUT2D eigenvalue weighted by Crippen LogP contribution is 2.32. The van der Waals surface area contributed by atoms with E-state index < -0.39 is 5.41 Å². The first-order valence-corrected chi connectivity index (χ1v) is 14.8. The number of ether oxygens (including phenoxy) is 1. The fraction of sp³-hybridized carbons (Fsp3) is 0.333. The molecule has 42 heavy (non-hydrogen) atoms. The summed E-state index contributed by atoms with van der Waals surface area (Å²) in [7, 11) is 2.11. The Balaban J connectivity index is 1.25. The molecule has 1 N–H and O–H groups in total. The van der Waals surface area contributed by atoms with Gasteiger partial charge in [0.2, 0.25) is 0 Å². The number of likely N-dealkylation sites (N-methyl/N-ethyl adjacent to an activating group) is 1. The molecule has 0 aliphatic carbocycles. The Kier molecular flexibility index (Phi) is 8.69. The second kappa shape index (κ2) is 12.4. The summed E-state index contributed by atoms with van der Waals surface area (Å²) in [5.74, 6) is 1.16. The second-order valence-corrected chi connectivity index (χ2v) is 12.5. The summed E-state index contributed by atoms with van der Waals surface area (Å²) in [5, 5.41) is 13.3. The number of rotatable bonds is 9. The van der Waals surface area contributed by atoms with E-state index in [9.17, 15) is 14.9 Å². The van der Waals surface area contributed by atoms with E-state index in [1.807, 2.05) is 57.2 Å². The molecule has 0 spiro atoms. The molecule has 4 aromatic rings. The van der Waals surface area contributed by atoms with E-state index in [-0.39, 0.29) is 11.7 Å². The number of amides is 1. The van der Waals surface area contributed by atoms with Crippen LogP contribution in [-0.2, 0) is 16.6 Å². The minimum absolute atomic E-state index is 0.185. The van der Waals surface area contributed by atoms with Gasteiger partial charge in [-0.05, 0) is 69.3 Å². The summed E-state index contributed by atoms with van der Waals surface area (Å²) in [6, 6.07) is 20.7. The number of aryl methyl sites for hydroxylation is 1. The minimum Gasteiger partial charge on any atom is -0.457 e. The summed E-state index contributed by atoms with van der Waals surface area (Å²) >= 11 is 1.51. The van der Waals surface area contributed by atoms with Crippen molar-refractivity contribution in [3.63, 3.8) is 0 Å². The van der Waals surface area contributed by atoms with Crippen LogP contribution in [0.4, 0.5) is 5.69 Å². The van der Waals surface area contributed by atoms with Gasteiger partial charge >= 0.3 is 0 Å². The van der Waals surface area contributed by atoms with Gasteiger partial charge in [0.05, 0.1) is 34.7 Å². The van der Waals surface area contributed by atoms with Gasteiger partial charge < -0.3 is 15.0 Å². The quantitative estimate of drug-likeness (QED) is 0.266. The van der Waals surface area contributed by atoms with Gasteiger partial charge in [0, 0.05) is 49.6 Å². The molecule has 0 radical (unpaired) electrons. The van der Waals surface area contributed by atoms with Crippen molar-refractivity contribution < 1.29 is 14.3 Å². The number of hydrogen-bond acceptors (Lipinski definition) is 8. The average molecular weight is 582 g/mol. The average Bonchev–Trinajstić information content (AvgIpc) is 3.37. The van der Waals surface area contributed by atoms with E-state index >= 15 is 0 Å². The molecule has 0 saturated carbocycles. The first kappa shape index (κ1) is 29.4. The highest BCUT2D eigenvalue weighted by molar-refractivity contribution is 7.18. The van der Waals surface area contributed by atoms with Crippen LogP contribution in [0.3, 0.4) is 0 Å². The second-order valence-electron chi connectivity index (χ2n) is 11.4. The Labute approximate surface area is 250 Å². The predicted molar refractivity (Wildman–Crippen MR) is 167 cm³/mol. The standard InChI is InChI=1S/C33H35N5O3S/c1-22-8-9-26(18-29(22)36-32(40)23-6-5-7-24(16-23)33(2,3)21-34)41-27-10-11-28-30(19-27)42-31(35-28)17-25(39)20-38-14-12-37(4)13-15-38/h5-11,16,18-19H,12-15,17,20H2,1-4H3,(H,36,40). The van der Waals surface area contributed by atoms with Crippen molar-refractivity contribution in [2.75, 3.05) is 45.1 Å². The molecular formula is C33H35N5O3S. The highest BCUT2D eigenvalue weighted by Gasteiger charge is 2.21. The van der Waals surface area contributed by atoms with Gasteiger partial charge in [0.25, 0.3) is 5.91 Å². The summed E-state index contributed by atoms with van der Waals surface area (Å²) < 4.78 is 7.12. The van der Waals surface area contributed by atoms with E-state index in [1.54, 1.807) is 24.3 Å². The maximum absolute atomic E-state index is 13.1. The maximum atomic E-state index is 13.1. The van der Waals surface area contributed by atoms with Crippen LogP contribution < -0.4 is 10.1 Å². The van der Waals surface area contributed by atoms with Crippen LogP contribution in [0.2, 0.25) is 0 Å². The van der Waals surface area contributed by atoms with Crippen LogP contribution in [0.25, 0.3) is 10.2 Å². The number of hydrogen-bond donors (Lipinski definition) is 1. The lowest BCUT2D eigenvalue weighted by molar-refractivity contribution is -0.119. The van der Waals surface area contributed by atoms with Gasteiger partial charge in [-0.15, -0.1) is 11.3 Å². The van der Waals surface area contributed by atoms with Crippen molar-refractivity contribution in [1.82, 2.24) is 14.8 Å². The number of aromatic nitrogens is 1. The molecule has 9 heteroatoms. The molecule has 8 nitrogen and oxygen atoms in total. The van der Waals surface area contributed by atoms with Crippen LogP contribution in [0.15, 0.2) is 60.7 Å². The van der Waals surface area contributed by atoms with Crippen molar-refractivity contribution in [1.29, 1.82) is 5.26 Å². The Morgan fingerprint density at radius 3 is 2.55 bits per heavy atom. The predicted octanol–water partition coefficient (Wildman–Crippen LogP) is 5.81. The largest absolute Gasteiger partial charge is 0.457 e. The van der Waals surface area contributed by atoms with Crippen LogP contribution in [-0.4, -0.2) is 66.2 Å². The third-order valence-electron chi connectivity index (χ3n) is 7.57. The monoisotopic (exact) mass is 581 g/mol. The molecule has 1 aromatic heterocycles. The first-order chi connectivity index (χ1) is 20.1. The third kappa shape index (κ3) is 7.02. The van der Waals surface area contributed by atoms with Crippen LogP contribution in [0, 0.1) is 18.3 Å². The van der Waals surface area contributed by atoms with Crippen LogP contribution >= 0.6 is 11.3 Å². The molecule has 0 atom stereocenters. The fourth-order valence-electron chi connectivity index (χ4n) is 4.82. The molecule has 1 aliphatic rings. The Morgan fingerprint density at radius 1 is 1.05 bits per heavy atom.